The van der Waals surface area contributed by atoms with Gasteiger partial charge >= 0.3 is 11.9 Å². The third kappa shape index (κ3) is 3.84. The van der Waals surface area contributed by atoms with Crippen molar-refractivity contribution in [2.24, 2.45) is 45.3 Å². The number of allylic oxidation sites excluding steroid dienone is 2. The molecule has 4 rings (SSSR count). The summed E-state index contributed by atoms with van der Waals surface area (Å²) in [5.74, 6) is 1.66. The zero-order chi connectivity index (χ0) is 25.8. The van der Waals surface area contributed by atoms with E-state index < -0.39 is 5.97 Å². The van der Waals surface area contributed by atoms with E-state index in [1.54, 1.807) is 0 Å². The Morgan fingerprint density at radius 1 is 1.11 bits per heavy atom. The molecular weight excluding hydrogens is 436 g/mol. The van der Waals surface area contributed by atoms with Crippen molar-refractivity contribution in [3.8, 4) is 0 Å². The first-order valence-corrected chi connectivity index (χ1v) is 14.0. The predicted molar refractivity (Wildman–Crippen MR) is 140 cm³/mol. The molecular formula is C31H48O4. The van der Waals surface area contributed by atoms with Gasteiger partial charge in [-0.1, -0.05) is 39.0 Å². The summed E-state index contributed by atoms with van der Waals surface area (Å²) in [5, 5.41) is 9.53. The molecule has 4 heteroatoms. The quantitative estimate of drug-likeness (QED) is 0.208. The number of aliphatic carboxylic acids is 1. The van der Waals surface area contributed by atoms with Gasteiger partial charge in [0.2, 0.25) is 0 Å². The third-order valence-electron chi connectivity index (χ3n) is 12.2. The lowest BCUT2D eigenvalue weighted by molar-refractivity contribution is -0.139. The maximum Gasteiger partial charge on any atom is 0.333 e. The van der Waals surface area contributed by atoms with Crippen molar-refractivity contribution in [2.45, 2.75) is 105 Å². The van der Waals surface area contributed by atoms with Gasteiger partial charge in [-0.3, -0.25) is 4.79 Å². The van der Waals surface area contributed by atoms with Crippen LogP contribution in [0.1, 0.15) is 105 Å². The van der Waals surface area contributed by atoms with E-state index in [4.69, 9.17) is 4.74 Å². The van der Waals surface area contributed by atoms with Crippen molar-refractivity contribution in [2.75, 3.05) is 7.11 Å². The second-order valence-electron chi connectivity index (χ2n) is 13.3. The lowest BCUT2D eigenvalue weighted by atomic mass is 9.43. The molecule has 35 heavy (non-hydrogen) atoms. The van der Waals surface area contributed by atoms with Crippen LogP contribution < -0.4 is 0 Å². The lowest BCUT2D eigenvalue weighted by Gasteiger charge is -2.61. The lowest BCUT2D eigenvalue weighted by Crippen LogP contribution is -2.54. The zero-order valence-corrected chi connectivity index (χ0v) is 23.0. The van der Waals surface area contributed by atoms with E-state index in [1.165, 1.54) is 57.6 Å². The van der Waals surface area contributed by atoms with Crippen molar-refractivity contribution < 1.29 is 19.4 Å². The van der Waals surface area contributed by atoms with Gasteiger partial charge in [-0.15, -0.1) is 0 Å². The van der Waals surface area contributed by atoms with Crippen LogP contribution in [0.25, 0.3) is 0 Å². The summed E-state index contributed by atoms with van der Waals surface area (Å²) in [6.07, 6.45) is 14.0. The molecule has 4 nitrogen and oxygen atoms in total. The SMILES string of the molecule is C=C(C)C1CCC2C3(C)CCC(C(C)CC/C=C(/C)C(=O)OC)C3(C)CCC23CC13CCC(=O)O. The van der Waals surface area contributed by atoms with Crippen molar-refractivity contribution in [3.05, 3.63) is 23.8 Å². The van der Waals surface area contributed by atoms with Gasteiger partial charge < -0.3 is 9.84 Å². The van der Waals surface area contributed by atoms with E-state index in [0.29, 0.717) is 51.9 Å². The van der Waals surface area contributed by atoms with Gasteiger partial charge in [0.1, 0.15) is 0 Å². The molecule has 4 saturated carbocycles. The minimum atomic E-state index is -0.651. The summed E-state index contributed by atoms with van der Waals surface area (Å²) in [5.41, 5.74) is 3.15. The molecule has 1 N–H and O–H groups in total. The molecule has 4 aliphatic rings. The number of carbonyl (C=O) groups is 2. The Morgan fingerprint density at radius 3 is 2.46 bits per heavy atom. The summed E-state index contributed by atoms with van der Waals surface area (Å²) < 4.78 is 4.85. The standard InChI is InChI=1S/C31H48O4/c1-20(2)23-11-12-25-29(6)15-13-24(21(3)9-8-10-22(4)27(34)35-7)28(29,5)17-18-31(25)19-30(23,31)16-14-26(32)33/h10,21,23-25H,1,8-9,11-19H2,2-7H3,(H,32,33)/b22-10-. The molecule has 4 fully saturated rings. The van der Waals surface area contributed by atoms with Crippen LogP contribution in [-0.4, -0.2) is 24.2 Å². The van der Waals surface area contributed by atoms with Crippen LogP contribution in [-0.2, 0) is 14.3 Å². The summed E-state index contributed by atoms with van der Waals surface area (Å²) in [6.45, 7) is 16.0. The van der Waals surface area contributed by atoms with Crippen molar-refractivity contribution in [1.29, 1.82) is 0 Å². The summed E-state index contributed by atoms with van der Waals surface area (Å²) in [6, 6.07) is 0. The van der Waals surface area contributed by atoms with E-state index in [9.17, 15) is 14.7 Å². The normalized spacial score (nSPS) is 42.9. The molecule has 0 amide bonds. The van der Waals surface area contributed by atoms with Gasteiger partial charge in [0, 0.05) is 12.0 Å². The number of hydrogen-bond acceptors (Lipinski definition) is 3. The van der Waals surface area contributed by atoms with E-state index in [1.807, 2.05) is 6.92 Å². The molecule has 0 aromatic rings. The van der Waals surface area contributed by atoms with Gasteiger partial charge in [-0.2, -0.15) is 0 Å². The van der Waals surface area contributed by atoms with Gasteiger partial charge in [0.25, 0.3) is 0 Å². The molecule has 196 valence electrons. The molecule has 0 saturated heterocycles. The average Bonchev–Trinajstić information content (AvgIpc) is 3.40. The maximum atomic E-state index is 11.7. The second-order valence-corrected chi connectivity index (χ2v) is 13.3. The summed E-state index contributed by atoms with van der Waals surface area (Å²) in [4.78, 5) is 23.3. The zero-order valence-electron chi connectivity index (χ0n) is 23.0. The van der Waals surface area contributed by atoms with Crippen molar-refractivity contribution in [3.63, 3.8) is 0 Å². The smallest absolute Gasteiger partial charge is 0.333 e. The summed E-state index contributed by atoms with van der Waals surface area (Å²) in [7, 11) is 1.44. The van der Waals surface area contributed by atoms with Crippen LogP contribution in [0.2, 0.25) is 0 Å². The van der Waals surface area contributed by atoms with Crippen molar-refractivity contribution in [1.82, 2.24) is 0 Å². The third-order valence-corrected chi connectivity index (χ3v) is 12.2. The molecule has 8 unspecified atom stereocenters. The highest BCUT2D eigenvalue weighted by molar-refractivity contribution is 5.87. The monoisotopic (exact) mass is 484 g/mol. The minimum absolute atomic E-state index is 0.171. The number of methoxy groups -OCH3 is 1. The van der Waals surface area contributed by atoms with Crippen LogP contribution >= 0.6 is 0 Å². The van der Waals surface area contributed by atoms with Crippen LogP contribution in [0.3, 0.4) is 0 Å². The Hall–Kier alpha value is -1.58. The largest absolute Gasteiger partial charge is 0.481 e. The Labute approximate surface area is 213 Å². The average molecular weight is 485 g/mol. The first-order valence-electron chi connectivity index (χ1n) is 14.0. The molecule has 8 atom stereocenters. The van der Waals surface area contributed by atoms with Gasteiger partial charge in [0.05, 0.1) is 7.11 Å². The Bertz CT molecular complexity index is 919. The fourth-order valence-corrected chi connectivity index (χ4v) is 10.3. The minimum Gasteiger partial charge on any atom is -0.481 e. The summed E-state index contributed by atoms with van der Waals surface area (Å²) >= 11 is 0. The molecule has 0 radical (unpaired) electrons. The first kappa shape index (κ1) is 26.5. The fourth-order valence-electron chi connectivity index (χ4n) is 10.3. The highest BCUT2D eigenvalue weighted by atomic mass is 16.5. The van der Waals surface area contributed by atoms with E-state index in [-0.39, 0.29) is 11.4 Å². The topological polar surface area (TPSA) is 63.6 Å². The number of hydrogen-bond donors (Lipinski definition) is 1. The van der Waals surface area contributed by atoms with Gasteiger partial charge in [-0.25, -0.2) is 4.79 Å². The molecule has 0 aromatic heterocycles. The molecule has 0 aliphatic heterocycles. The number of carboxylic acid groups (broad SMARTS) is 1. The highest BCUT2D eigenvalue weighted by Gasteiger charge is 2.80. The van der Waals surface area contributed by atoms with Crippen LogP contribution in [0, 0.1) is 45.3 Å². The number of ether oxygens (including phenoxy) is 1. The van der Waals surface area contributed by atoms with Crippen LogP contribution in [0.15, 0.2) is 23.8 Å². The number of rotatable bonds is 9. The fraction of sp³-hybridized carbons (Fsp3) is 0.806. The van der Waals surface area contributed by atoms with Crippen molar-refractivity contribution >= 4 is 11.9 Å². The van der Waals surface area contributed by atoms with Crippen LogP contribution in [0.5, 0.6) is 0 Å². The molecule has 0 heterocycles. The molecule has 0 aromatic carbocycles. The first-order chi connectivity index (χ1) is 16.4. The van der Waals surface area contributed by atoms with Crippen LogP contribution in [0.4, 0.5) is 0 Å². The molecule has 0 bridgehead atoms. The van der Waals surface area contributed by atoms with E-state index >= 15 is 0 Å². The number of esters is 1. The predicted octanol–water partition coefficient (Wildman–Crippen LogP) is 7.58. The van der Waals surface area contributed by atoms with Gasteiger partial charge in [-0.05, 0) is 123 Å². The number of carboxylic acids is 1. The number of fused-ring (bicyclic) bond motifs is 2. The van der Waals surface area contributed by atoms with E-state index in [0.717, 1.165) is 19.3 Å². The highest BCUT2D eigenvalue weighted by Crippen LogP contribution is 2.87. The Kier molecular flexibility index (Phi) is 6.86. The molecule has 4 aliphatic carbocycles. The molecule has 1 spiro atoms. The Balaban J connectivity index is 1.54. The van der Waals surface area contributed by atoms with Gasteiger partial charge in [0.15, 0.2) is 0 Å². The Morgan fingerprint density at radius 2 is 1.83 bits per heavy atom. The maximum absolute atomic E-state index is 11.7. The number of carbonyl (C=O) groups excluding carboxylic acids is 1. The van der Waals surface area contributed by atoms with E-state index in [2.05, 4.69) is 40.3 Å². The second kappa shape index (κ2) is 9.06.